The summed E-state index contributed by atoms with van der Waals surface area (Å²) in [5.41, 5.74) is 1.70. The summed E-state index contributed by atoms with van der Waals surface area (Å²) in [7, 11) is 2.00. The minimum Gasteiger partial charge on any atom is -0.507 e. The van der Waals surface area contributed by atoms with E-state index in [1.165, 1.54) is 0 Å². The Kier molecular flexibility index (Phi) is 6.74. The molecule has 1 saturated carbocycles. The summed E-state index contributed by atoms with van der Waals surface area (Å²) in [5.74, 6) is 1.53. The van der Waals surface area contributed by atoms with Gasteiger partial charge in [-0.2, -0.15) is 5.26 Å². The van der Waals surface area contributed by atoms with Gasteiger partial charge in [0.25, 0.3) is 5.91 Å². The number of pyridine rings is 2. The van der Waals surface area contributed by atoms with Crippen LogP contribution in [0.4, 0.5) is 5.82 Å². The molecule has 1 aromatic carbocycles. The zero-order chi connectivity index (χ0) is 27.1. The highest BCUT2D eigenvalue weighted by Gasteiger charge is 2.57. The van der Waals surface area contributed by atoms with Crippen molar-refractivity contribution in [3.05, 3.63) is 59.4 Å². The van der Waals surface area contributed by atoms with Crippen LogP contribution in [0.2, 0.25) is 0 Å². The number of carbonyl (C=O) groups excluding carboxylic acids is 1. The Bertz CT molecular complexity index is 1390. The molecule has 198 valence electrons. The number of piperidine rings is 1. The first kappa shape index (κ1) is 25.9. The molecular weight excluding hydrogens is 476 g/mol. The molecule has 1 saturated heterocycles. The van der Waals surface area contributed by atoms with Gasteiger partial charge in [-0.25, -0.2) is 4.98 Å². The van der Waals surface area contributed by atoms with Crippen molar-refractivity contribution in [1.82, 2.24) is 20.6 Å². The molecule has 2 atom stereocenters. The average molecular weight is 513 g/mol. The molecule has 0 radical (unpaired) electrons. The monoisotopic (exact) mass is 512 g/mol. The third-order valence-electron chi connectivity index (χ3n) is 8.56. The number of amides is 1. The number of hydrogen-bond acceptors (Lipinski definition) is 7. The first-order valence-corrected chi connectivity index (χ1v) is 13.4. The molecule has 2 fully saturated rings. The summed E-state index contributed by atoms with van der Waals surface area (Å²) in [6.07, 6.45) is 6.42. The topological polar surface area (TPSA) is 114 Å². The first-order valence-electron chi connectivity index (χ1n) is 13.4. The maximum absolute atomic E-state index is 13.4. The van der Waals surface area contributed by atoms with E-state index in [0.717, 1.165) is 50.3 Å². The molecule has 1 aliphatic heterocycles. The number of rotatable bonds is 6. The van der Waals surface area contributed by atoms with Gasteiger partial charge in [-0.3, -0.25) is 9.78 Å². The lowest BCUT2D eigenvalue weighted by Gasteiger charge is -2.59. The zero-order valence-corrected chi connectivity index (χ0v) is 22.6. The number of hydrogen-bond donors (Lipinski definition) is 3. The van der Waals surface area contributed by atoms with Gasteiger partial charge in [-0.05, 0) is 80.1 Å². The highest BCUT2D eigenvalue weighted by Crippen LogP contribution is 2.57. The van der Waals surface area contributed by atoms with E-state index in [1.807, 2.05) is 25.2 Å². The molecule has 3 aromatic rings. The number of phenols is 1. The molecular formula is C30H36N6O2. The SMILES string of the molecule is CNCC1CCN(c2ccc(C(=O)N[C@H]3C(C)(C)CC3(C)c3ccnc4c(C#N)ccc(O)c34)cn2)CC1. The van der Waals surface area contributed by atoms with Crippen LogP contribution in [0.15, 0.2) is 42.7 Å². The summed E-state index contributed by atoms with van der Waals surface area (Å²) < 4.78 is 0. The standard InChI is InChI=1S/C30H36N6O2/c1-29(2)18-30(3,22-9-12-33-26-20(15-31)5-7-23(37)25(22)26)28(29)35-27(38)21-6-8-24(34-17-21)36-13-10-19(11-14-36)16-32-4/h5-9,12,17,19,28,32,37H,10-11,13-14,16,18H2,1-4H3,(H,35,38)/t28-,30?/m0/s1. The molecule has 1 amide bonds. The summed E-state index contributed by atoms with van der Waals surface area (Å²) in [6.45, 7) is 9.38. The van der Waals surface area contributed by atoms with Crippen molar-refractivity contribution in [1.29, 1.82) is 5.26 Å². The maximum Gasteiger partial charge on any atom is 0.253 e. The van der Waals surface area contributed by atoms with Crippen LogP contribution >= 0.6 is 0 Å². The quantitative estimate of drug-likeness (QED) is 0.455. The van der Waals surface area contributed by atoms with Crippen LogP contribution in [0.1, 0.15) is 61.5 Å². The largest absolute Gasteiger partial charge is 0.507 e. The molecule has 0 spiro atoms. The number of anilines is 1. The van der Waals surface area contributed by atoms with Gasteiger partial charge in [0, 0.05) is 42.3 Å². The van der Waals surface area contributed by atoms with Crippen molar-refractivity contribution in [3.63, 3.8) is 0 Å². The van der Waals surface area contributed by atoms with Crippen molar-refractivity contribution in [2.45, 2.75) is 51.5 Å². The molecule has 3 heterocycles. The third-order valence-corrected chi connectivity index (χ3v) is 8.56. The molecule has 3 N–H and O–H groups in total. The number of aromatic hydroxyl groups is 1. The van der Waals surface area contributed by atoms with Crippen LogP contribution < -0.4 is 15.5 Å². The van der Waals surface area contributed by atoms with Crippen LogP contribution in [0, 0.1) is 22.7 Å². The molecule has 1 aliphatic carbocycles. The lowest BCUT2D eigenvalue weighted by atomic mass is 9.48. The van der Waals surface area contributed by atoms with E-state index in [1.54, 1.807) is 24.5 Å². The van der Waals surface area contributed by atoms with Crippen LogP contribution in [-0.2, 0) is 5.41 Å². The summed E-state index contributed by atoms with van der Waals surface area (Å²) in [6, 6.07) is 10.8. The Morgan fingerprint density at radius 3 is 2.55 bits per heavy atom. The predicted octanol–water partition coefficient (Wildman–Crippen LogP) is 4.13. The Morgan fingerprint density at radius 2 is 1.92 bits per heavy atom. The second kappa shape index (κ2) is 9.88. The lowest BCUT2D eigenvalue weighted by Crippen LogP contribution is -2.67. The van der Waals surface area contributed by atoms with Crippen LogP contribution in [0.3, 0.4) is 0 Å². The Labute approximate surface area is 224 Å². The molecule has 5 rings (SSSR count). The summed E-state index contributed by atoms with van der Waals surface area (Å²) >= 11 is 0. The fourth-order valence-corrected chi connectivity index (χ4v) is 6.88. The minimum absolute atomic E-state index is 0.0906. The second-order valence-corrected chi connectivity index (χ2v) is 11.7. The number of aromatic nitrogens is 2. The number of fused-ring (bicyclic) bond motifs is 1. The van der Waals surface area contributed by atoms with Crippen molar-refractivity contribution >= 4 is 22.6 Å². The Hall–Kier alpha value is -3.70. The summed E-state index contributed by atoms with van der Waals surface area (Å²) in [5, 5.41) is 27.4. The number of carbonyl (C=O) groups is 1. The van der Waals surface area contributed by atoms with Gasteiger partial charge in [0.15, 0.2) is 0 Å². The van der Waals surface area contributed by atoms with Gasteiger partial charge in [0.05, 0.1) is 16.6 Å². The number of phenolic OH excluding ortho intramolecular Hbond substituents is 1. The second-order valence-electron chi connectivity index (χ2n) is 11.7. The van der Waals surface area contributed by atoms with Crippen molar-refractivity contribution in [3.8, 4) is 11.8 Å². The molecule has 0 bridgehead atoms. The van der Waals surface area contributed by atoms with E-state index in [4.69, 9.17) is 0 Å². The van der Waals surface area contributed by atoms with Gasteiger partial charge >= 0.3 is 0 Å². The third kappa shape index (κ3) is 4.45. The van der Waals surface area contributed by atoms with E-state index < -0.39 is 5.41 Å². The van der Waals surface area contributed by atoms with E-state index in [-0.39, 0.29) is 23.1 Å². The molecule has 2 aromatic heterocycles. The molecule has 8 heteroatoms. The van der Waals surface area contributed by atoms with E-state index in [9.17, 15) is 15.2 Å². The predicted molar refractivity (Wildman–Crippen MR) is 148 cm³/mol. The van der Waals surface area contributed by atoms with E-state index >= 15 is 0 Å². The van der Waals surface area contributed by atoms with Gasteiger partial charge in [0.1, 0.15) is 17.6 Å². The number of benzene rings is 1. The highest BCUT2D eigenvalue weighted by atomic mass is 16.3. The van der Waals surface area contributed by atoms with Crippen LogP contribution in [-0.4, -0.2) is 53.7 Å². The molecule has 2 aliphatic rings. The van der Waals surface area contributed by atoms with Crippen LogP contribution in [0.5, 0.6) is 5.75 Å². The Balaban J connectivity index is 1.36. The first-order chi connectivity index (χ1) is 18.2. The van der Waals surface area contributed by atoms with Crippen molar-refractivity contribution < 1.29 is 9.90 Å². The number of nitrogens with zero attached hydrogens (tertiary/aromatic N) is 4. The van der Waals surface area contributed by atoms with Gasteiger partial charge in [-0.1, -0.05) is 20.8 Å². The minimum atomic E-state index is -0.447. The molecule has 38 heavy (non-hydrogen) atoms. The molecule has 8 nitrogen and oxygen atoms in total. The van der Waals surface area contributed by atoms with Gasteiger partial charge in [-0.15, -0.1) is 0 Å². The van der Waals surface area contributed by atoms with Crippen molar-refractivity contribution in [2.75, 3.05) is 31.6 Å². The number of nitriles is 1. The Morgan fingerprint density at radius 1 is 1.16 bits per heavy atom. The van der Waals surface area contributed by atoms with E-state index in [2.05, 4.69) is 52.3 Å². The lowest BCUT2D eigenvalue weighted by molar-refractivity contribution is 0.00711. The van der Waals surface area contributed by atoms with Crippen LogP contribution in [0.25, 0.3) is 10.9 Å². The smallest absolute Gasteiger partial charge is 0.253 e. The van der Waals surface area contributed by atoms with Gasteiger partial charge in [0.2, 0.25) is 0 Å². The van der Waals surface area contributed by atoms with Crippen molar-refractivity contribution in [2.24, 2.45) is 11.3 Å². The fourth-order valence-electron chi connectivity index (χ4n) is 6.88. The normalized spacial score (nSPS) is 23.0. The fraction of sp³-hybridized carbons (Fsp3) is 0.467. The highest BCUT2D eigenvalue weighted by molar-refractivity contribution is 5.95. The maximum atomic E-state index is 13.4. The summed E-state index contributed by atoms with van der Waals surface area (Å²) in [4.78, 5) is 24.7. The van der Waals surface area contributed by atoms with E-state index in [0.29, 0.717) is 27.9 Å². The zero-order valence-electron chi connectivity index (χ0n) is 22.6. The average Bonchev–Trinajstić information content (AvgIpc) is 2.92. The molecule has 1 unspecified atom stereocenters. The number of nitrogens with one attached hydrogen (secondary N) is 2. The van der Waals surface area contributed by atoms with Gasteiger partial charge < -0.3 is 20.6 Å².